The van der Waals surface area contributed by atoms with E-state index in [1.165, 1.54) is 12.3 Å². The van der Waals surface area contributed by atoms with E-state index in [1.54, 1.807) is 12.1 Å². The van der Waals surface area contributed by atoms with E-state index in [1.807, 2.05) is 0 Å². The zero-order valence-corrected chi connectivity index (χ0v) is 13.0. The Hall–Kier alpha value is -2.68. The number of carbonyl (C=O) groups is 2. The van der Waals surface area contributed by atoms with Gasteiger partial charge in [-0.1, -0.05) is 0 Å². The second kappa shape index (κ2) is 8.25. The van der Waals surface area contributed by atoms with Crippen molar-refractivity contribution >= 4 is 29.3 Å². The van der Waals surface area contributed by atoms with Crippen LogP contribution in [0.3, 0.4) is 0 Å². The van der Waals surface area contributed by atoms with Crippen LogP contribution in [-0.4, -0.2) is 24.2 Å². The molecular formula is C15H12F2N2O4S. The van der Waals surface area contributed by atoms with Crippen LogP contribution in [0.4, 0.5) is 14.5 Å². The first-order valence-corrected chi connectivity index (χ1v) is 7.66. The van der Waals surface area contributed by atoms with Crippen LogP contribution in [0.1, 0.15) is 0 Å². The SMILES string of the molecule is O=C(COC(=O)CSc1cccc[n+]1[O-])Nc1cc(F)ccc1F. The summed E-state index contributed by atoms with van der Waals surface area (Å²) in [7, 11) is 0. The van der Waals surface area contributed by atoms with Crippen molar-refractivity contribution in [1.29, 1.82) is 0 Å². The molecule has 0 fully saturated rings. The van der Waals surface area contributed by atoms with Gasteiger partial charge in [-0.05, 0) is 30.0 Å². The van der Waals surface area contributed by atoms with E-state index in [0.717, 1.165) is 30.0 Å². The van der Waals surface area contributed by atoms with Crippen LogP contribution in [0.25, 0.3) is 0 Å². The summed E-state index contributed by atoms with van der Waals surface area (Å²) >= 11 is 0.950. The molecule has 1 aromatic heterocycles. The standard InChI is InChI=1S/C15H12F2N2O4S/c16-10-4-5-11(17)12(7-10)18-13(20)8-23-15(21)9-24-14-3-1-2-6-19(14)22/h1-7H,8-9H2,(H,18,20). The summed E-state index contributed by atoms with van der Waals surface area (Å²) < 4.78 is 31.6. The normalized spacial score (nSPS) is 10.2. The first-order chi connectivity index (χ1) is 11.5. The zero-order chi connectivity index (χ0) is 17.5. The number of rotatable bonds is 6. The summed E-state index contributed by atoms with van der Waals surface area (Å²) in [6.07, 6.45) is 1.29. The van der Waals surface area contributed by atoms with E-state index in [2.05, 4.69) is 5.32 Å². The molecule has 2 rings (SSSR count). The number of ether oxygens (including phenoxy) is 1. The maximum absolute atomic E-state index is 13.4. The molecule has 0 aliphatic heterocycles. The van der Waals surface area contributed by atoms with Gasteiger partial charge in [0.25, 0.3) is 10.9 Å². The largest absolute Gasteiger partial charge is 0.618 e. The zero-order valence-electron chi connectivity index (χ0n) is 12.2. The van der Waals surface area contributed by atoms with Gasteiger partial charge in [0.15, 0.2) is 12.8 Å². The van der Waals surface area contributed by atoms with Crippen LogP contribution in [-0.2, 0) is 14.3 Å². The molecule has 0 spiro atoms. The van der Waals surface area contributed by atoms with E-state index in [9.17, 15) is 23.6 Å². The average Bonchev–Trinajstić information content (AvgIpc) is 2.55. The number of hydrogen-bond acceptors (Lipinski definition) is 5. The van der Waals surface area contributed by atoms with Crippen LogP contribution in [0.15, 0.2) is 47.6 Å². The summed E-state index contributed by atoms with van der Waals surface area (Å²) in [6.45, 7) is -0.651. The monoisotopic (exact) mass is 354 g/mol. The fourth-order valence-electron chi connectivity index (χ4n) is 1.62. The number of esters is 1. The molecule has 1 aromatic carbocycles. The predicted molar refractivity (Wildman–Crippen MR) is 82.1 cm³/mol. The molecule has 1 amide bonds. The molecule has 0 atom stereocenters. The van der Waals surface area contributed by atoms with Crippen molar-refractivity contribution < 1.29 is 27.8 Å². The number of anilines is 1. The molecule has 9 heteroatoms. The second-order valence-corrected chi connectivity index (χ2v) is 5.48. The van der Waals surface area contributed by atoms with Crippen LogP contribution in [0, 0.1) is 16.8 Å². The number of pyridine rings is 1. The van der Waals surface area contributed by atoms with Gasteiger partial charge in [0, 0.05) is 18.2 Å². The third-order valence-electron chi connectivity index (χ3n) is 2.69. The van der Waals surface area contributed by atoms with Gasteiger partial charge in [-0.3, -0.25) is 9.59 Å². The van der Waals surface area contributed by atoms with Crippen molar-refractivity contribution in [3.63, 3.8) is 0 Å². The summed E-state index contributed by atoms with van der Waals surface area (Å²) in [6, 6.07) is 7.31. The van der Waals surface area contributed by atoms with Crippen molar-refractivity contribution in [3.05, 3.63) is 59.4 Å². The number of nitrogens with zero attached hydrogens (tertiary/aromatic N) is 1. The molecule has 0 bridgehead atoms. The number of benzene rings is 1. The minimum atomic E-state index is -0.810. The smallest absolute Gasteiger partial charge is 0.317 e. The Morgan fingerprint density at radius 3 is 2.79 bits per heavy atom. The van der Waals surface area contributed by atoms with E-state index in [4.69, 9.17) is 4.74 Å². The molecule has 0 saturated carbocycles. The van der Waals surface area contributed by atoms with Crippen molar-refractivity contribution in [3.8, 4) is 0 Å². The lowest BCUT2D eigenvalue weighted by Crippen LogP contribution is -2.28. The Morgan fingerprint density at radius 1 is 1.25 bits per heavy atom. The van der Waals surface area contributed by atoms with Gasteiger partial charge in [0.1, 0.15) is 17.4 Å². The third kappa shape index (κ3) is 5.20. The Bertz CT molecular complexity index is 758. The Kier molecular flexibility index (Phi) is 6.07. The van der Waals surface area contributed by atoms with Crippen molar-refractivity contribution in [2.75, 3.05) is 17.7 Å². The van der Waals surface area contributed by atoms with Gasteiger partial charge in [0.2, 0.25) is 0 Å². The Morgan fingerprint density at radius 2 is 2.04 bits per heavy atom. The highest BCUT2D eigenvalue weighted by Gasteiger charge is 2.13. The highest BCUT2D eigenvalue weighted by Crippen LogP contribution is 2.15. The van der Waals surface area contributed by atoms with Crippen molar-refractivity contribution in [2.24, 2.45) is 0 Å². The van der Waals surface area contributed by atoms with Gasteiger partial charge in [-0.2, -0.15) is 4.73 Å². The second-order valence-electron chi connectivity index (χ2n) is 4.49. The van der Waals surface area contributed by atoms with E-state index in [-0.39, 0.29) is 11.4 Å². The lowest BCUT2D eigenvalue weighted by Gasteiger charge is -2.07. The van der Waals surface area contributed by atoms with Gasteiger partial charge in [0.05, 0.1) is 5.69 Å². The Balaban J connectivity index is 1.78. The Labute approximate surface area is 140 Å². The molecule has 24 heavy (non-hydrogen) atoms. The number of halogens is 2. The molecule has 0 radical (unpaired) electrons. The summed E-state index contributed by atoms with van der Waals surface area (Å²) in [5.74, 6) is -3.23. The molecule has 1 N–H and O–H groups in total. The lowest BCUT2D eigenvalue weighted by atomic mass is 10.3. The van der Waals surface area contributed by atoms with Crippen LogP contribution in [0.2, 0.25) is 0 Å². The van der Waals surface area contributed by atoms with Crippen molar-refractivity contribution in [2.45, 2.75) is 5.03 Å². The maximum atomic E-state index is 13.4. The molecular weight excluding hydrogens is 342 g/mol. The highest BCUT2D eigenvalue weighted by molar-refractivity contribution is 7.99. The fraction of sp³-hybridized carbons (Fsp3) is 0.133. The maximum Gasteiger partial charge on any atom is 0.317 e. The van der Waals surface area contributed by atoms with Gasteiger partial charge in [-0.15, -0.1) is 0 Å². The van der Waals surface area contributed by atoms with Crippen LogP contribution in [0.5, 0.6) is 0 Å². The predicted octanol–water partition coefficient (Wildman–Crippen LogP) is 1.87. The molecule has 6 nitrogen and oxygen atoms in total. The number of nitrogens with one attached hydrogen (secondary N) is 1. The number of thioether (sulfide) groups is 1. The topological polar surface area (TPSA) is 82.3 Å². The fourth-order valence-corrected chi connectivity index (χ4v) is 2.34. The molecule has 0 aliphatic rings. The first-order valence-electron chi connectivity index (χ1n) is 6.67. The average molecular weight is 354 g/mol. The number of carbonyl (C=O) groups excluding carboxylic acids is 2. The molecule has 2 aromatic rings. The van der Waals surface area contributed by atoms with Crippen molar-refractivity contribution in [1.82, 2.24) is 0 Å². The van der Waals surface area contributed by atoms with Gasteiger partial charge < -0.3 is 15.3 Å². The molecule has 126 valence electrons. The number of amides is 1. The van der Waals surface area contributed by atoms with E-state index >= 15 is 0 Å². The van der Waals surface area contributed by atoms with Gasteiger partial charge in [-0.25, -0.2) is 8.78 Å². The minimum Gasteiger partial charge on any atom is -0.618 e. The molecule has 1 heterocycles. The summed E-state index contributed by atoms with van der Waals surface area (Å²) in [5, 5.41) is 13.8. The van der Waals surface area contributed by atoms with Crippen LogP contribution < -0.4 is 10.0 Å². The quantitative estimate of drug-likeness (QED) is 0.371. The van der Waals surface area contributed by atoms with Gasteiger partial charge >= 0.3 is 5.97 Å². The summed E-state index contributed by atoms with van der Waals surface area (Å²) in [4.78, 5) is 23.1. The number of hydrogen-bond donors (Lipinski definition) is 1. The molecule has 0 unspecified atom stereocenters. The lowest BCUT2D eigenvalue weighted by molar-refractivity contribution is -0.645. The number of aromatic nitrogens is 1. The summed E-state index contributed by atoms with van der Waals surface area (Å²) in [5.41, 5.74) is -0.345. The highest BCUT2D eigenvalue weighted by atomic mass is 32.2. The first kappa shape index (κ1) is 17.7. The molecule has 0 aliphatic carbocycles. The minimum absolute atomic E-state index is 0.173. The molecule has 0 saturated heterocycles. The van der Waals surface area contributed by atoms with E-state index in [0.29, 0.717) is 9.76 Å². The van der Waals surface area contributed by atoms with E-state index < -0.39 is 30.1 Å². The van der Waals surface area contributed by atoms with Crippen LogP contribution >= 0.6 is 11.8 Å². The third-order valence-corrected chi connectivity index (χ3v) is 3.69.